The highest BCUT2D eigenvalue weighted by Crippen LogP contribution is 2.29. The third-order valence-electron chi connectivity index (χ3n) is 4.13. The SMILES string of the molecule is CCCCCC(NCCC)C(C)(C)c1ccccc1. The Bertz CT molecular complexity index is 329. The van der Waals surface area contributed by atoms with Crippen LogP contribution in [0, 0.1) is 0 Å². The summed E-state index contributed by atoms with van der Waals surface area (Å²) in [7, 11) is 0. The van der Waals surface area contributed by atoms with Crippen molar-refractivity contribution in [3.05, 3.63) is 35.9 Å². The van der Waals surface area contributed by atoms with E-state index in [1.807, 2.05) is 0 Å². The predicted octanol–water partition coefficient (Wildman–Crippen LogP) is 4.91. The number of unbranched alkanes of at least 4 members (excludes halogenated alkanes) is 2. The molecule has 0 amide bonds. The van der Waals surface area contributed by atoms with Crippen molar-refractivity contribution < 1.29 is 0 Å². The molecule has 0 heterocycles. The summed E-state index contributed by atoms with van der Waals surface area (Å²) in [5.41, 5.74) is 1.64. The van der Waals surface area contributed by atoms with Crippen molar-refractivity contribution in [2.75, 3.05) is 6.54 Å². The molecule has 0 saturated heterocycles. The van der Waals surface area contributed by atoms with Gasteiger partial charge in [-0.05, 0) is 24.9 Å². The molecule has 1 atom stereocenters. The molecule has 1 N–H and O–H groups in total. The van der Waals surface area contributed by atoms with Crippen LogP contribution in [-0.2, 0) is 5.41 Å². The highest BCUT2D eigenvalue weighted by Gasteiger charge is 2.30. The summed E-state index contributed by atoms with van der Waals surface area (Å²) in [6.45, 7) is 10.4. The first-order valence-electron chi connectivity index (χ1n) is 7.91. The van der Waals surface area contributed by atoms with Gasteiger partial charge in [0, 0.05) is 11.5 Å². The van der Waals surface area contributed by atoms with E-state index >= 15 is 0 Å². The summed E-state index contributed by atoms with van der Waals surface area (Å²) >= 11 is 0. The molecule has 1 heteroatoms. The molecular formula is C18H31N. The Balaban J connectivity index is 2.75. The number of nitrogens with one attached hydrogen (secondary N) is 1. The van der Waals surface area contributed by atoms with Crippen molar-refractivity contribution in [1.82, 2.24) is 5.32 Å². The molecule has 1 aromatic rings. The van der Waals surface area contributed by atoms with Gasteiger partial charge in [-0.2, -0.15) is 0 Å². The van der Waals surface area contributed by atoms with Crippen molar-refractivity contribution in [1.29, 1.82) is 0 Å². The number of hydrogen-bond donors (Lipinski definition) is 1. The van der Waals surface area contributed by atoms with E-state index in [0.717, 1.165) is 6.54 Å². The molecule has 0 aliphatic carbocycles. The highest BCUT2D eigenvalue weighted by atomic mass is 14.9. The van der Waals surface area contributed by atoms with Crippen molar-refractivity contribution in [2.24, 2.45) is 0 Å². The zero-order valence-corrected chi connectivity index (χ0v) is 13.2. The van der Waals surface area contributed by atoms with Gasteiger partial charge in [-0.1, -0.05) is 77.3 Å². The van der Waals surface area contributed by atoms with Gasteiger partial charge in [-0.3, -0.25) is 0 Å². The summed E-state index contributed by atoms with van der Waals surface area (Å²) in [5, 5.41) is 3.77. The lowest BCUT2D eigenvalue weighted by molar-refractivity contribution is 0.314. The van der Waals surface area contributed by atoms with Gasteiger partial charge in [0.25, 0.3) is 0 Å². The molecule has 108 valence electrons. The van der Waals surface area contributed by atoms with E-state index in [9.17, 15) is 0 Å². The fourth-order valence-corrected chi connectivity index (χ4v) is 2.70. The Morgan fingerprint density at radius 2 is 1.68 bits per heavy atom. The number of rotatable bonds is 9. The maximum Gasteiger partial charge on any atom is 0.0159 e. The van der Waals surface area contributed by atoms with Crippen LogP contribution in [0.5, 0.6) is 0 Å². The lowest BCUT2D eigenvalue weighted by atomic mass is 9.75. The summed E-state index contributed by atoms with van der Waals surface area (Å²) < 4.78 is 0. The van der Waals surface area contributed by atoms with Crippen molar-refractivity contribution in [3.63, 3.8) is 0 Å². The van der Waals surface area contributed by atoms with Gasteiger partial charge in [0.15, 0.2) is 0 Å². The second kappa shape index (κ2) is 8.37. The lowest BCUT2D eigenvalue weighted by Crippen LogP contribution is -2.45. The molecule has 0 bridgehead atoms. The van der Waals surface area contributed by atoms with E-state index in [1.54, 1.807) is 0 Å². The van der Waals surface area contributed by atoms with E-state index in [-0.39, 0.29) is 5.41 Å². The summed E-state index contributed by atoms with van der Waals surface area (Å²) in [6.07, 6.45) is 6.44. The van der Waals surface area contributed by atoms with Gasteiger partial charge >= 0.3 is 0 Å². The maximum atomic E-state index is 3.77. The maximum absolute atomic E-state index is 3.77. The van der Waals surface area contributed by atoms with E-state index in [4.69, 9.17) is 0 Å². The summed E-state index contributed by atoms with van der Waals surface area (Å²) in [6, 6.07) is 11.5. The van der Waals surface area contributed by atoms with Crippen LogP contribution in [0.1, 0.15) is 65.4 Å². The van der Waals surface area contributed by atoms with Crippen molar-refractivity contribution in [2.45, 2.75) is 71.3 Å². The standard InChI is InChI=1S/C18H31N/c1-5-7-9-14-17(19-15-6-2)18(3,4)16-12-10-8-11-13-16/h8,10-13,17,19H,5-7,9,14-15H2,1-4H3. The average molecular weight is 261 g/mol. The van der Waals surface area contributed by atoms with E-state index in [2.05, 4.69) is 63.3 Å². The minimum atomic E-state index is 0.199. The van der Waals surface area contributed by atoms with Crippen LogP contribution in [0.2, 0.25) is 0 Å². The van der Waals surface area contributed by atoms with E-state index in [0.29, 0.717) is 6.04 Å². The molecule has 19 heavy (non-hydrogen) atoms. The van der Waals surface area contributed by atoms with Crippen LogP contribution in [-0.4, -0.2) is 12.6 Å². The molecule has 0 spiro atoms. The van der Waals surface area contributed by atoms with Crippen LogP contribution in [0.25, 0.3) is 0 Å². The topological polar surface area (TPSA) is 12.0 Å². The zero-order valence-electron chi connectivity index (χ0n) is 13.2. The van der Waals surface area contributed by atoms with Gasteiger partial charge in [0.1, 0.15) is 0 Å². The van der Waals surface area contributed by atoms with Crippen molar-refractivity contribution in [3.8, 4) is 0 Å². The third-order valence-corrected chi connectivity index (χ3v) is 4.13. The van der Waals surface area contributed by atoms with Gasteiger partial charge in [0.2, 0.25) is 0 Å². The van der Waals surface area contributed by atoms with E-state index < -0.39 is 0 Å². The molecule has 1 aromatic carbocycles. The summed E-state index contributed by atoms with van der Waals surface area (Å²) in [4.78, 5) is 0. The van der Waals surface area contributed by atoms with Gasteiger partial charge in [-0.15, -0.1) is 0 Å². The van der Waals surface area contributed by atoms with Gasteiger partial charge in [-0.25, -0.2) is 0 Å². The second-order valence-electron chi connectivity index (χ2n) is 6.09. The monoisotopic (exact) mass is 261 g/mol. The summed E-state index contributed by atoms with van der Waals surface area (Å²) in [5.74, 6) is 0. The molecule has 0 aliphatic rings. The molecule has 0 fully saturated rings. The predicted molar refractivity (Wildman–Crippen MR) is 85.7 cm³/mol. The second-order valence-corrected chi connectivity index (χ2v) is 6.09. The Labute approximate surface area is 119 Å². The lowest BCUT2D eigenvalue weighted by Gasteiger charge is -2.36. The first kappa shape index (κ1) is 16.2. The minimum absolute atomic E-state index is 0.199. The Kier molecular flexibility index (Phi) is 7.15. The molecule has 1 unspecified atom stereocenters. The number of hydrogen-bond acceptors (Lipinski definition) is 1. The molecule has 0 radical (unpaired) electrons. The first-order valence-corrected chi connectivity index (χ1v) is 7.91. The van der Waals surface area contributed by atoms with E-state index in [1.165, 1.54) is 37.7 Å². The Morgan fingerprint density at radius 1 is 1.00 bits per heavy atom. The molecule has 0 aliphatic heterocycles. The van der Waals surface area contributed by atoms with Gasteiger partial charge in [0.05, 0.1) is 0 Å². The van der Waals surface area contributed by atoms with Crippen LogP contribution in [0.4, 0.5) is 0 Å². The Hall–Kier alpha value is -0.820. The smallest absolute Gasteiger partial charge is 0.0159 e. The Morgan fingerprint density at radius 3 is 2.26 bits per heavy atom. The largest absolute Gasteiger partial charge is 0.313 e. The van der Waals surface area contributed by atoms with Crippen LogP contribution < -0.4 is 5.32 Å². The molecule has 0 aromatic heterocycles. The van der Waals surface area contributed by atoms with Crippen LogP contribution in [0.3, 0.4) is 0 Å². The quantitative estimate of drug-likeness (QED) is 0.623. The fraction of sp³-hybridized carbons (Fsp3) is 0.667. The molecule has 0 saturated carbocycles. The fourth-order valence-electron chi connectivity index (χ4n) is 2.70. The first-order chi connectivity index (χ1) is 9.12. The van der Waals surface area contributed by atoms with Crippen LogP contribution >= 0.6 is 0 Å². The normalized spacial score (nSPS) is 13.5. The molecule has 1 nitrogen and oxygen atoms in total. The average Bonchev–Trinajstić information content (AvgIpc) is 2.43. The zero-order chi connectivity index (χ0) is 14.1. The van der Waals surface area contributed by atoms with Crippen LogP contribution in [0.15, 0.2) is 30.3 Å². The van der Waals surface area contributed by atoms with Crippen molar-refractivity contribution >= 4 is 0 Å². The molecular weight excluding hydrogens is 230 g/mol. The minimum Gasteiger partial charge on any atom is -0.313 e. The highest BCUT2D eigenvalue weighted by molar-refractivity contribution is 5.25. The van der Waals surface area contributed by atoms with Gasteiger partial charge < -0.3 is 5.32 Å². The molecule has 1 rings (SSSR count). The third kappa shape index (κ3) is 4.99. The number of benzene rings is 1.